The van der Waals surface area contributed by atoms with Crippen molar-refractivity contribution in [2.24, 2.45) is 40.4 Å². The van der Waals surface area contributed by atoms with Crippen molar-refractivity contribution in [1.82, 2.24) is 0 Å². The molecule has 4 saturated carbocycles. The van der Waals surface area contributed by atoms with Crippen LogP contribution >= 0.6 is 0 Å². The van der Waals surface area contributed by atoms with Crippen molar-refractivity contribution in [3.05, 3.63) is 35.9 Å². The molecule has 0 aliphatic heterocycles. The van der Waals surface area contributed by atoms with Gasteiger partial charge in [-0.2, -0.15) is 0 Å². The van der Waals surface area contributed by atoms with Gasteiger partial charge in [-0.05, 0) is 105 Å². The maximum atomic E-state index is 12.7. The van der Waals surface area contributed by atoms with Crippen molar-refractivity contribution in [2.45, 2.75) is 90.4 Å². The third kappa shape index (κ3) is 3.44. The summed E-state index contributed by atoms with van der Waals surface area (Å²) < 4.78 is 5.99. The van der Waals surface area contributed by atoms with Crippen molar-refractivity contribution in [2.75, 3.05) is 0 Å². The summed E-state index contributed by atoms with van der Waals surface area (Å²) in [7, 11) is 0. The van der Waals surface area contributed by atoms with Gasteiger partial charge >= 0.3 is 5.97 Å². The van der Waals surface area contributed by atoms with Gasteiger partial charge in [0, 0.05) is 5.92 Å². The molecule has 4 aliphatic carbocycles. The molecule has 176 valence electrons. The van der Waals surface area contributed by atoms with E-state index in [-0.39, 0.29) is 35.1 Å². The van der Waals surface area contributed by atoms with Crippen molar-refractivity contribution in [1.29, 1.82) is 0 Å². The summed E-state index contributed by atoms with van der Waals surface area (Å²) in [5.74, 6) is 1.92. The molecule has 4 aliphatic rings. The van der Waals surface area contributed by atoms with Gasteiger partial charge in [0.1, 0.15) is 6.10 Å². The first-order chi connectivity index (χ1) is 15.2. The number of carbonyl (C=O) groups excluding carboxylic acids is 1. The molecule has 1 aromatic rings. The third-order valence-electron chi connectivity index (χ3n) is 10.6. The Bertz CT molecular complexity index is 839. The Morgan fingerprint density at radius 3 is 2.41 bits per heavy atom. The van der Waals surface area contributed by atoms with Gasteiger partial charge in [0.2, 0.25) is 0 Å². The van der Waals surface area contributed by atoms with E-state index >= 15 is 0 Å². The second-order valence-electron chi connectivity index (χ2n) is 11.9. The number of carbonyl (C=O) groups is 1. The molecule has 4 nitrogen and oxygen atoms in total. The van der Waals surface area contributed by atoms with E-state index in [1.807, 2.05) is 30.3 Å². The topological polar surface area (TPSA) is 66.8 Å². The number of fused-ring (bicyclic) bond motifs is 5. The van der Waals surface area contributed by atoms with Crippen molar-refractivity contribution >= 4 is 5.97 Å². The fourth-order valence-corrected chi connectivity index (χ4v) is 8.91. The summed E-state index contributed by atoms with van der Waals surface area (Å²) in [6.45, 7) is 6.93. The molecule has 0 amide bonds. The highest BCUT2D eigenvalue weighted by Gasteiger charge is 2.63. The van der Waals surface area contributed by atoms with Crippen LogP contribution in [0.15, 0.2) is 30.3 Å². The van der Waals surface area contributed by atoms with Crippen LogP contribution in [0.1, 0.15) is 82.5 Å². The number of hydrogen-bond donors (Lipinski definition) is 2. The quantitative estimate of drug-likeness (QED) is 0.632. The predicted octanol–water partition coefficient (Wildman–Crippen LogP) is 5.22. The molecular weight excluding hydrogens is 400 g/mol. The van der Waals surface area contributed by atoms with E-state index in [2.05, 4.69) is 20.8 Å². The second kappa shape index (κ2) is 8.13. The average Bonchev–Trinajstić information content (AvgIpc) is 3.13. The van der Waals surface area contributed by atoms with E-state index in [4.69, 9.17) is 4.74 Å². The van der Waals surface area contributed by atoms with Crippen molar-refractivity contribution in [3.63, 3.8) is 0 Å². The Balaban J connectivity index is 1.35. The summed E-state index contributed by atoms with van der Waals surface area (Å²) in [4.78, 5) is 12.7. The summed E-state index contributed by atoms with van der Waals surface area (Å²) in [6, 6.07) is 9.29. The predicted molar refractivity (Wildman–Crippen MR) is 124 cm³/mol. The summed E-state index contributed by atoms with van der Waals surface area (Å²) in [5.41, 5.74) is 0.966. The molecule has 0 unspecified atom stereocenters. The van der Waals surface area contributed by atoms with Crippen LogP contribution in [-0.4, -0.2) is 34.5 Å². The van der Waals surface area contributed by atoms with E-state index in [0.717, 1.165) is 51.4 Å². The summed E-state index contributed by atoms with van der Waals surface area (Å²) in [6.07, 6.45) is 7.59. The Hall–Kier alpha value is -1.39. The molecule has 0 saturated heterocycles. The van der Waals surface area contributed by atoms with Gasteiger partial charge in [0.05, 0.1) is 17.8 Å². The molecular formula is C28H40O4. The number of benzene rings is 1. The number of hydrogen-bond acceptors (Lipinski definition) is 4. The highest BCUT2D eigenvalue weighted by molar-refractivity contribution is 5.89. The molecule has 0 heterocycles. The lowest BCUT2D eigenvalue weighted by molar-refractivity contribution is -0.176. The van der Waals surface area contributed by atoms with Gasteiger partial charge in [0.25, 0.3) is 0 Å². The summed E-state index contributed by atoms with van der Waals surface area (Å²) >= 11 is 0. The van der Waals surface area contributed by atoms with Gasteiger partial charge in [-0.15, -0.1) is 0 Å². The van der Waals surface area contributed by atoms with Gasteiger partial charge in [-0.1, -0.05) is 32.0 Å². The normalized spacial score (nSPS) is 46.5. The molecule has 0 radical (unpaired) electrons. The van der Waals surface area contributed by atoms with Crippen molar-refractivity contribution in [3.8, 4) is 0 Å². The fourth-order valence-electron chi connectivity index (χ4n) is 8.91. The first kappa shape index (κ1) is 22.4. The van der Waals surface area contributed by atoms with Gasteiger partial charge < -0.3 is 14.9 Å². The molecule has 4 heteroatoms. The zero-order valence-corrected chi connectivity index (χ0v) is 19.9. The van der Waals surface area contributed by atoms with Gasteiger partial charge in [-0.3, -0.25) is 0 Å². The number of aliphatic hydroxyl groups is 2. The van der Waals surface area contributed by atoms with E-state index < -0.39 is 0 Å². The van der Waals surface area contributed by atoms with E-state index in [1.54, 1.807) is 0 Å². The Morgan fingerprint density at radius 2 is 1.66 bits per heavy atom. The lowest BCUT2D eigenvalue weighted by Crippen LogP contribution is -2.58. The Kier molecular flexibility index (Phi) is 5.69. The lowest BCUT2D eigenvalue weighted by Gasteiger charge is -2.62. The number of aliphatic hydroxyl groups excluding tert-OH is 2. The third-order valence-corrected chi connectivity index (χ3v) is 10.6. The van der Waals surface area contributed by atoms with E-state index in [9.17, 15) is 15.0 Å². The summed E-state index contributed by atoms with van der Waals surface area (Å²) in [5, 5.41) is 21.6. The van der Waals surface area contributed by atoms with Crippen LogP contribution in [0.3, 0.4) is 0 Å². The molecule has 1 aromatic carbocycles. The lowest BCUT2D eigenvalue weighted by atomic mass is 9.44. The maximum absolute atomic E-state index is 12.7. The van der Waals surface area contributed by atoms with Crippen LogP contribution in [0, 0.1) is 40.4 Å². The van der Waals surface area contributed by atoms with Gasteiger partial charge in [0.15, 0.2) is 0 Å². The number of ether oxygens (including phenoxy) is 1. The highest BCUT2D eigenvalue weighted by Crippen LogP contribution is 2.67. The van der Waals surface area contributed by atoms with Crippen LogP contribution in [0.4, 0.5) is 0 Å². The SMILES string of the molecule is C[C@@H](OC(=O)c1ccccc1)[C@H]1CC[C@H]2[C@@H]3[C@H](O)C[C@H]4C[C@H](O)CC[C@]4(C)[C@H]3CC[C@]12C. The minimum atomic E-state index is -0.270. The molecule has 2 N–H and O–H groups in total. The number of rotatable bonds is 3. The molecule has 0 aromatic heterocycles. The minimum absolute atomic E-state index is 0.107. The second-order valence-corrected chi connectivity index (χ2v) is 11.9. The molecule has 0 spiro atoms. The maximum Gasteiger partial charge on any atom is 0.338 e. The van der Waals surface area contributed by atoms with E-state index in [1.165, 1.54) is 0 Å². The zero-order valence-electron chi connectivity index (χ0n) is 19.9. The average molecular weight is 441 g/mol. The van der Waals surface area contributed by atoms with E-state index in [0.29, 0.717) is 35.2 Å². The van der Waals surface area contributed by atoms with Crippen LogP contribution < -0.4 is 0 Å². The Labute approximate surface area is 192 Å². The molecule has 0 bridgehead atoms. The Morgan fingerprint density at radius 1 is 0.969 bits per heavy atom. The zero-order chi connectivity index (χ0) is 22.7. The van der Waals surface area contributed by atoms with Crippen LogP contribution in [0.25, 0.3) is 0 Å². The fraction of sp³-hybridized carbons (Fsp3) is 0.750. The molecule has 5 rings (SSSR count). The van der Waals surface area contributed by atoms with Crippen LogP contribution in [0.5, 0.6) is 0 Å². The molecule has 10 atom stereocenters. The first-order valence-corrected chi connectivity index (χ1v) is 12.9. The largest absolute Gasteiger partial charge is 0.459 e. The first-order valence-electron chi connectivity index (χ1n) is 12.9. The van der Waals surface area contributed by atoms with Crippen LogP contribution in [-0.2, 0) is 4.74 Å². The highest BCUT2D eigenvalue weighted by atomic mass is 16.5. The molecule has 4 fully saturated rings. The smallest absolute Gasteiger partial charge is 0.338 e. The number of esters is 1. The van der Waals surface area contributed by atoms with Crippen LogP contribution in [0.2, 0.25) is 0 Å². The van der Waals surface area contributed by atoms with Gasteiger partial charge in [-0.25, -0.2) is 4.79 Å². The molecule has 32 heavy (non-hydrogen) atoms. The minimum Gasteiger partial charge on any atom is -0.459 e. The van der Waals surface area contributed by atoms with Crippen molar-refractivity contribution < 1.29 is 19.7 Å². The standard InChI is InChI=1S/C28H40O4/c1-17(32-26(31)18-7-5-4-6-8-18)21-9-10-22-25-23(12-14-28(21,22)3)27(2)13-11-20(29)15-19(27)16-24(25)30/h4-8,17,19-25,29-30H,9-16H2,1-3H3/t17-,19-,20-,21-,22+,23+,24-,25+,27+,28-/m1/s1. The monoisotopic (exact) mass is 440 g/mol.